The standard InChI is InChI=1S/C16H27N3O3/c1-11(2)10-19(9-8-16(21)22)15(20)7-6-14-12(3)17-18(5)13(14)4/h11H,6-10H2,1-5H3,(H,21,22). The molecule has 124 valence electrons. The number of carbonyl (C=O) groups is 2. The van der Waals surface area contributed by atoms with Crippen LogP contribution in [0.3, 0.4) is 0 Å². The lowest BCUT2D eigenvalue weighted by Gasteiger charge is -2.24. The normalized spacial score (nSPS) is 11.0. The van der Waals surface area contributed by atoms with Crippen molar-refractivity contribution < 1.29 is 14.7 Å². The van der Waals surface area contributed by atoms with Gasteiger partial charge in [0.1, 0.15) is 0 Å². The first-order valence-corrected chi connectivity index (χ1v) is 7.71. The number of carboxylic acids is 1. The van der Waals surface area contributed by atoms with Gasteiger partial charge in [-0.3, -0.25) is 14.3 Å². The van der Waals surface area contributed by atoms with E-state index in [0.29, 0.717) is 25.3 Å². The fraction of sp³-hybridized carbons (Fsp3) is 0.688. The molecular weight excluding hydrogens is 282 g/mol. The number of aryl methyl sites for hydroxylation is 2. The van der Waals surface area contributed by atoms with Gasteiger partial charge in [-0.1, -0.05) is 13.8 Å². The Labute approximate surface area is 132 Å². The molecule has 0 atom stereocenters. The molecule has 1 aromatic rings. The summed E-state index contributed by atoms with van der Waals surface area (Å²) >= 11 is 0. The molecule has 0 aromatic carbocycles. The molecule has 1 N–H and O–H groups in total. The van der Waals surface area contributed by atoms with Crippen LogP contribution in [0.1, 0.15) is 43.6 Å². The average Bonchev–Trinajstić information content (AvgIpc) is 2.65. The summed E-state index contributed by atoms with van der Waals surface area (Å²) in [5.74, 6) is -0.544. The lowest BCUT2D eigenvalue weighted by Crippen LogP contribution is -2.36. The first-order valence-electron chi connectivity index (χ1n) is 7.71. The highest BCUT2D eigenvalue weighted by atomic mass is 16.4. The van der Waals surface area contributed by atoms with Gasteiger partial charge in [0.25, 0.3) is 0 Å². The second-order valence-corrected chi connectivity index (χ2v) is 6.15. The molecular formula is C16H27N3O3. The molecule has 0 radical (unpaired) electrons. The van der Waals surface area contributed by atoms with Crippen molar-refractivity contribution >= 4 is 11.9 Å². The zero-order chi connectivity index (χ0) is 16.9. The fourth-order valence-corrected chi connectivity index (χ4v) is 2.56. The maximum Gasteiger partial charge on any atom is 0.305 e. The van der Waals surface area contributed by atoms with E-state index in [1.165, 1.54) is 0 Å². The van der Waals surface area contributed by atoms with E-state index in [0.717, 1.165) is 17.0 Å². The lowest BCUT2D eigenvalue weighted by molar-refractivity contribution is -0.138. The number of hydrogen-bond donors (Lipinski definition) is 1. The van der Waals surface area contributed by atoms with Gasteiger partial charge in [0.15, 0.2) is 0 Å². The highest BCUT2D eigenvalue weighted by Gasteiger charge is 2.18. The molecule has 0 unspecified atom stereocenters. The second-order valence-electron chi connectivity index (χ2n) is 6.15. The van der Waals surface area contributed by atoms with Gasteiger partial charge in [-0.2, -0.15) is 5.10 Å². The number of hydrogen-bond acceptors (Lipinski definition) is 3. The van der Waals surface area contributed by atoms with E-state index >= 15 is 0 Å². The third kappa shape index (κ3) is 5.16. The van der Waals surface area contributed by atoms with Crippen molar-refractivity contribution in [2.75, 3.05) is 13.1 Å². The highest BCUT2D eigenvalue weighted by molar-refractivity contribution is 5.77. The Balaban J connectivity index is 2.67. The molecule has 0 aliphatic rings. The first kappa shape index (κ1) is 18.2. The van der Waals surface area contributed by atoms with Gasteiger partial charge in [-0.15, -0.1) is 0 Å². The molecule has 0 fully saturated rings. The van der Waals surface area contributed by atoms with Crippen LogP contribution in [0.4, 0.5) is 0 Å². The number of carbonyl (C=O) groups excluding carboxylic acids is 1. The van der Waals surface area contributed by atoms with Crippen molar-refractivity contribution in [3.05, 3.63) is 17.0 Å². The number of carboxylic acid groups (broad SMARTS) is 1. The first-order chi connectivity index (χ1) is 10.2. The Morgan fingerprint density at radius 2 is 1.91 bits per heavy atom. The minimum Gasteiger partial charge on any atom is -0.481 e. The molecule has 6 heteroatoms. The molecule has 0 saturated heterocycles. The van der Waals surface area contributed by atoms with E-state index in [1.54, 1.807) is 4.90 Å². The average molecular weight is 309 g/mol. The molecule has 6 nitrogen and oxygen atoms in total. The smallest absolute Gasteiger partial charge is 0.305 e. The second kappa shape index (κ2) is 7.96. The highest BCUT2D eigenvalue weighted by Crippen LogP contribution is 2.15. The monoisotopic (exact) mass is 309 g/mol. The van der Waals surface area contributed by atoms with Gasteiger partial charge in [-0.05, 0) is 31.7 Å². The van der Waals surface area contributed by atoms with Gasteiger partial charge in [0.05, 0.1) is 12.1 Å². The fourth-order valence-electron chi connectivity index (χ4n) is 2.56. The van der Waals surface area contributed by atoms with Gasteiger partial charge in [0, 0.05) is 32.3 Å². The Bertz CT molecular complexity index is 535. The SMILES string of the molecule is Cc1nn(C)c(C)c1CCC(=O)N(CCC(=O)O)CC(C)C. The van der Waals surface area contributed by atoms with Crippen LogP contribution in [0.5, 0.6) is 0 Å². The molecule has 1 heterocycles. The van der Waals surface area contributed by atoms with Gasteiger partial charge in [0.2, 0.25) is 5.91 Å². The minimum atomic E-state index is -0.875. The van der Waals surface area contributed by atoms with E-state index < -0.39 is 5.97 Å². The number of amides is 1. The zero-order valence-electron chi connectivity index (χ0n) is 14.2. The molecule has 0 spiro atoms. The summed E-state index contributed by atoms with van der Waals surface area (Å²) in [5, 5.41) is 13.2. The summed E-state index contributed by atoms with van der Waals surface area (Å²) in [6.07, 6.45) is 1.02. The van der Waals surface area contributed by atoms with E-state index in [2.05, 4.69) is 5.10 Å². The number of aliphatic carboxylic acids is 1. The van der Waals surface area contributed by atoms with Crippen LogP contribution in [-0.4, -0.2) is 44.8 Å². The van der Waals surface area contributed by atoms with Crippen molar-refractivity contribution in [2.24, 2.45) is 13.0 Å². The van der Waals surface area contributed by atoms with E-state index in [-0.39, 0.29) is 18.9 Å². The van der Waals surface area contributed by atoms with E-state index in [1.807, 2.05) is 39.4 Å². The van der Waals surface area contributed by atoms with Crippen LogP contribution in [0.15, 0.2) is 0 Å². The maximum atomic E-state index is 12.4. The summed E-state index contributed by atoms with van der Waals surface area (Å²) in [4.78, 5) is 24.8. The van der Waals surface area contributed by atoms with Crippen molar-refractivity contribution in [2.45, 2.75) is 47.0 Å². The molecule has 0 bridgehead atoms. The van der Waals surface area contributed by atoms with Crippen molar-refractivity contribution in [1.29, 1.82) is 0 Å². The number of nitrogens with zero attached hydrogens (tertiary/aromatic N) is 3. The summed E-state index contributed by atoms with van der Waals surface area (Å²) in [7, 11) is 1.89. The van der Waals surface area contributed by atoms with Crippen LogP contribution >= 0.6 is 0 Å². The van der Waals surface area contributed by atoms with Crippen LogP contribution in [0.25, 0.3) is 0 Å². The molecule has 1 rings (SSSR count). The molecule has 0 aliphatic heterocycles. The van der Waals surface area contributed by atoms with Crippen molar-refractivity contribution in [3.63, 3.8) is 0 Å². The Hall–Kier alpha value is -1.85. The Morgan fingerprint density at radius 3 is 2.36 bits per heavy atom. The predicted octanol–water partition coefficient (Wildman–Crippen LogP) is 1.93. The molecule has 22 heavy (non-hydrogen) atoms. The van der Waals surface area contributed by atoms with Crippen LogP contribution in [0.2, 0.25) is 0 Å². The maximum absolute atomic E-state index is 12.4. The Kier molecular flexibility index (Phi) is 6.59. The molecule has 0 saturated carbocycles. The van der Waals surface area contributed by atoms with Gasteiger partial charge >= 0.3 is 5.97 Å². The summed E-state index contributed by atoms with van der Waals surface area (Å²) in [6, 6.07) is 0. The summed E-state index contributed by atoms with van der Waals surface area (Å²) < 4.78 is 1.82. The predicted molar refractivity (Wildman–Crippen MR) is 84.7 cm³/mol. The lowest BCUT2D eigenvalue weighted by atomic mass is 10.1. The van der Waals surface area contributed by atoms with Crippen molar-refractivity contribution in [1.82, 2.24) is 14.7 Å². The summed E-state index contributed by atoms with van der Waals surface area (Å²) in [6.45, 7) is 8.86. The van der Waals surface area contributed by atoms with Crippen LogP contribution < -0.4 is 0 Å². The van der Waals surface area contributed by atoms with Crippen molar-refractivity contribution in [3.8, 4) is 0 Å². The number of aromatic nitrogens is 2. The largest absolute Gasteiger partial charge is 0.481 e. The summed E-state index contributed by atoms with van der Waals surface area (Å²) in [5.41, 5.74) is 3.14. The van der Waals surface area contributed by atoms with Crippen LogP contribution in [-0.2, 0) is 23.1 Å². The Morgan fingerprint density at radius 1 is 1.27 bits per heavy atom. The quantitative estimate of drug-likeness (QED) is 0.796. The van der Waals surface area contributed by atoms with Gasteiger partial charge < -0.3 is 10.0 Å². The number of rotatable bonds is 8. The van der Waals surface area contributed by atoms with E-state index in [4.69, 9.17) is 5.11 Å². The molecule has 0 aliphatic carbocycles. The molecule has 1 amide bonds. The van der Waals surface area contributed by atoms with Crippen LogP contribution in [0, 0.1) is 19.8 Å². The third-order valence-electron chi connectivity index (χ3n) is 3.78. The molecule has 1 aromatic heterocycles. The minimum absolute atomic E-state index is 0.0105. The van der Waals surface area contributed by atoms with E-state index in [9.17, 15) is 9.59 Å². The topological polar surface area (TPSA) is 75.4 Å². The zero-order valence-corrected chi connectivity index (χ0v) is 14.2. The van der Waals surface area contributed by atoms with Gasteiger partial charge in [-0.25, -0.2) is 0 Å². The third-order valence-corrected chi connectivity index (χ3v) is 3.78.